The van der Waals surface area contributed by atoms with Crippen LogP contribution in [0.2, 0.25) is 0 Å². The fourth-order valence-electron chi connectivity index (χ4n) is 7.77. The Morgan fingerprint density at radius 3 is 1.32 bits per heavy atom. The van der Waals surface area contributed by atoms with E-state index in [9.17, 15) is 19.8 Å². The molecule has 0 aromatic heterocycles. The van der Waals surface area contributed by atoms with Gasteiger partial charge in [-0.2, -0.15) is 0 Å². The zero-order valence-corrected chi connectivity index (χ0v) is 37.8. The third-order valence-corrected chi connectivity index (χ3v) is 11.6. The first-order chi connectivity index (χ1) is 27.5. The standard InChI is InChI=1S/C50H97NO5/c1-4-7-10-13-16-19-21-22-23-24-25-26-28-30-33-36-39-42-48(53)47(45-52)51-49(54)44-46(41-38-35-32-29-18-15-12-9-6-3)56-50(55)43-40-37-34-31-27-20-17-14-11-8-5-2/h14,17,46-48,52-53H,4-13,15-16,18-45H2,1-3H3,(H,51,54)/b17-14-. The van der Waals surface area contributed by atoms with E-state index in [0.29, 0.717) is 19.3 Å². The molecule has 0 aliphatic carbocycles. The minimum atomic E-state index is -0.782. The van der Waals surface area contributed by atoms with Crippen molar-refractivity contribution in [2.75, 3.05) is 6.61 Å². The molecule has 0 aromatic rings. The van der Waals surface area contributed by atoms with Gasteiger partial charge in [-0.05, 0) is 44.9 Å². The number of unbranched alkanes of at least 4 members (excludes halogenated alkanes) is 31. The van der Waals surface area contributed by atoms with Crippen LogP contribution in [0, 0.1) is 0 Å². The lowest BCUT2D eigenvalue weighted by atomic mass is 10.0. The van der Waals surface area contributed by atoms with Crippen molar-refractivity contribution < 1.29 is 24.5 Å². The number of hydrogen-bond acceptors (Lipinski definition) is 5. The predicted molar refractivity (Wildman–Crippen MR) is 241 cm³/mol. The smallest absolute Gasteiger partial charge is 0.306 e. The molecule has 0 fully saturated rings. The Balaban J connectivity index is 4.39. The van der Waals surface area contributed by atoms with Gasteiger partial charge in [-0.25, -0.2) is 0 Å². The van der Waals surface area contributed by atoms with Gasteiger partial charge in [-0.3, -0.25) is 9.59 Å². The number of allylic oxidation sites excluding steroid dienone is 2. The molecule has 0 bridgehead atoms. The number of nitrogens with one attached hydrogen (secondary N) is 1. The van der Waals surface area contributed by atoms with Gasteiger partial charge in [0.1, 0.15) is 6.10 Å². The van der Waals surface area contributed by atoms with Crippen molar-refractivity contribution in [3.63, 3.8) is 0 Å². The Morgan fingerprint density at radius 1 is 0.500 bits per heavy atom. The predicted octanol–water partition coefficient (Wildman–Crippen LogP) is 14.6. The van der Waals surface area contributed by atoms with E-state index in [1.807, 2.05) is 0 Å². The van der Waals surface area contributed by atoms with Gasteiger partial charge < -0.3 is 20.3 Å². The van der Waals surface area contributed by atoms with Crippen molar-refractivity contribution in [3.05, 3.63) is 12.2 Å². The van der Waals surface area contributed by atoms with Crippen LogP contribution in [0.15, 0.2) is 12.2 Å². The molecule has 3 unspecified atom stereocenters. The van der Waals surface area contributed by atoms with E-state index >= 15 is 0 Å². The third-order valence-electron chi connectivity index (χ3n) is 11.6. The van der Waals surface area contributed by atoms with Gasteiger partial charge in [0.25, 0.3) is 0 Å². The lowest BCUT2D eigenvalue weighted by molar-refractivity contribution is -0.151. The van der Waals surface area contributed by atoms with E-state index in [0.717, 1.165) is 51.4 Å². The molecule has 0 rings (SSSR count). The van der Waals surface area contributed by atoms with E-state index in [1.54, 1.807) is 0 Å². The molecule has 56 heavy (non-hydrogen) atoms. The largest absolute Gasteiger partial charge is 0.462 e. The van der Waals surface area contributed by atoms with Crippen molar-refractivity contribution in [1.29, 1.82) is 0 Å². The quantitative estimate of drug-likeness (QED) is 0.0324. The summed E-state index contributed by atoms with van der Waals surface area (Å²) < 4.78 is 5.89. The summed E-state index contributed by atoms with van der Waals surface area (Å²) in [7, 11) is 0. The van der Waals surface area contributed by atoms with Gasteiger partial charge in [-0.15, -0.1) is 0 Å². The SMILES string of the molecule is CCCC/C=C\CCCCCCCC(=O)OC(CCCCCCCCCCC)CC(=O)NC(CO)C(O)CCCCCCCCCCCCCCCCCCC. The zero-order valence-electron chi connectivity index (χ0n) is 37.8. The van der Waals surface area contributed by atoms with Crippen molar-refractivity contribution in [2.45, 2.75) is 289 Å². The van der Waals surface area contributed by atoms with E-state index in [2.05, 4.69) is 38.2 Å². The summed E-state index contributed by atoms with van der Waals surface area (Å²) in [5.41, 5.74) is 0. The molecule has 6 heteroatoms. The van der Waals surface area contributed by atoms with Crippen molar-refractivity contribution in [1.82, 2.24) is 5.32 Å². The maximum absolute atomic E-state index is 13.1. The van der Waals surface area contributed by atoms with E-state index in [1.165, 1.54) is 173 Å². The number of rotatable bonds is 45. The molecule has 332 valence electrons. The maximum Gasteiger partial charge on any atom is 0.306 e. The first kappa shape index (κ1) is 54.6. The van der Waals surface area contributed by atoms with Crippen molar-refractivity contribution >= 4 is 11.9 Å². The summed E-state index contributed by atoms with van der Waals surface area (Å²) in [5.74, 6) is -0.474. The Bertz CT molecular complexity index is 847. The fraction of sp³-hybridized carbons (Fsp3) is 0.920. The second kappa shape index (κ2) is 44.7. The summed E-state index contributed by atoms with van der Waals surface area (Å²) >= 11 is 0. The summed E-state index contributed by atoms with van der Waals surface area (Å²) in [5, 5.41) is 23.7. The highest BCUT2D eigenvalue weighted by Gasteiger charge is 2.24. The molecule has 3 atom stereocenters. The average molecular weight is 792 g/mol. The number of hydrogen-bond donors (Lipinski definition) is 3. The number of aliphatic hydroxyl groups is 2. The van der Waals surface area contributed by atoms with Crippen LogP contribution in [0.1, 0.15) is 271 Å². The first-order valence-corrected chi connectivity index (χ1v) is 24.9. The van der Waals surface area contributed by atoms with Crippen LogP contribution in [0.3, 0.4) is 0 Å². The zero-order chi connectivity index (χ0) is 41.0. The molecule has 0 saturated heterocycles. The molecule has 0 heterocycles. The second-order valence-corrected chi connectivity index (χ2v) is 17.2. The highest BCUT2D eigenvalue weighted by molar-refractivity contribution is 5.77. The number of aliphatic hydroxyl groups excluding tert-OH is 2. The average Bonchev–Trinajstić information content (AvgIpc) is 3.19. The van der Waals surface area contributed by atoms with Crippen LogP contribution >= 0.6 is 0 Å². The molecule has 1 amide bonds. The van der Waals surface area contributed by atoms with Gasteiger partial charge in [0.05, 0.1) is 25.2 Å². The van der Waals surface area contributed by atoms with Crippen LogP contribution in [0.25, 0.3) is 0 Å². The van der Waals surface area contributed by atoms with Gasteiger partial charge in [0, 0.05) is 6.42 Å². The molecule has 0 aliphatic heterocycles. The summed E-state index contributed by atoms with van der Waals surface area (Å²) in [4.78, 5) is 26.0. The van der Waals surface area contributed by atoms with Crippen LogP contribution in [0.5, 0.6) is 0 Å². The fourth-order valence-corrected chi connectivity index (χ4v) is 7.77. The summed E-state index contributed by atoms with van der Waals surface area (Å²) in [6.45, 7) is 6.45. The molecular formula is C50H97NO5. The summed E-state index contributed by atoms with van der Waals surface area (Å²) in [6, 6.07) is -0.695. The van der Waals surface area contributed by atoms with Gasteiger partial charge in [0.15, 0.2) is 0 Å². The van der Waals surface area contributed by atoms with Gasteiger partial charge in [-0.1, -0.05) is 226 Å². The number of ether oxygens (including phenoxy) is 1. The highest BCUT2D eigenvalue weighted by atomic mass is 16.5. The number of carbonyl (C=O) groups excluding carboxylic acids is 2. The normalized spacial score (nSPS) is 13.3. The van der Waals surface area contributed by atoms with Crippen LogP contribution in [0.4, 0.5) is 0 Å². The topological polar surface area (TPSA) is 95.9 Å². The second-order valence-electron chi connectivity index (χ2n) is 17.2. The summed E-state index contributed by atoms with van der Waals surface area (Å²) in [6.07, 6.45) is 48.5. The maximum atomic E-state index is 13.1. The third kappa shape index (κ3) is 39.4. The van der Waals surface area contributed by atoms with Crippen molar-refractivity contribution in [3.8, 4) is 0 Å². The molecule has 0 saturated carbocycles. The van der Waals surface area contributed by atoms with Crippen LogP contribution in [-0.2, 0) is 14.3 Å². The van der Waals surface area contributed by atoms with Crippen molar-refractivity contribution in [2.24, 2.45) is 0 Å². The first-order valence-electron chi connectivity index (χ1n) is 24.9. The van der Waals surface area contributed by atoms with Crippen LogP contribution in [-0.4, -0.2) is 46.9 Å². The van der Waals surface area contributed by atoms with Gasteiger partial charge in [0.2, 0.25) is 5.91 Å². The monoisotopic (exact) mass is 792 g/mol. The molecule has 3 N–H and O–H groups in total. The molecule has 0 spiro atoms. The molecular weight excluding hydrogens is 695 g/mol. The molecule has 0 aliphatic rings. The number of esters is 1. The lowest BCUT2D eigenvalue weighted by Gasteiger charge is -2.24. The Kier molecular flexibility index (Phi) is 43.6. The minimum Gasteiger partial charge on any atom is -0.462 e. The molecule has 6 nitrogen and oxygen atoms in total. The number of carbonyl (C=O) groups is 2. The number of amides is 1. The minimum absolute atomic E-state index is 0.0802. The van der Waals surface area contributed by atoms with Crippen LogP contribution < -0.4 is 5.32 Å². The highest BCUT2D eigenvalue weighted by Crippen LogP contribution is 2.18. The molecule has 0 radical (unpaired) electrons. The van der Waals surface area contributed by atoms with E-state index in [4.69, 9.17) is 4.74 Å². The Morgan fingerprint density at radius 2 is 0.875 bits per heavy atom. The molecule has 0 aromatic carbocycles. The Labute approximate surface area is 349 Å². The van der Waals surface area contributed by atoms with Gasteiger partial charge >= 0.3 is 5.97 Å². The Hall–Kier alpha value is -1.40. The van der Waals surface area contributed by atoms with E-state index in [-0.39, 0.29) is 24.9 Å². The lowest BCUT2D eigenvalue weighted by Crippen LogP contribution is -2.46. The van der Waals surface area contributed by atoms with E-state index < -0.39 is 18.2 Å².